The highest BCUT2D eigenvalue weighted by Gasteiger charge is 2.32. The van der Waals surface area contributed by atoms with Crippen molar-refractivity contribution in [2.75, 3.05) is 5.32 Å². The fourth-order valence-corrected chi connectivity index (χ4v) is 2.62. The summed E-state index contributed by atoms with van der Waals surface area (Å²) in [4.78, 5) is 0. The largest absolute Gasteiger partial charge is 0.508 e. The monoisotopic (exact) mass is 287 g/mol. The average Bonchev–Trinajstić information content (AvgIpc) is 3.26. The van der Waals surface area contributed by atoms with Crippen LogP contribution in [0.1, 0.15) is 30.0 Å². The van der Waals surface area contributed by atoms with E-state index < -0.39 is 0 Å². The summed E-state index contributed by atoms with van der Waals surface area (Å²) < 4.78 is 0. The van der Waals surface area contributed by atoms with E-state index in [0.29, 0.717) is 17.7 Å². The zero-order chi connectivity index (χ0) is 14.1. The van der Waals surface area contributed by atoms with Crippen LogP contribution in [0.5, 0.6) is 5.75 Å². The van der Waals surface area contributed by atoms with Gasteiger partial charge in [-0.05, 0) is 67.1 Å². The topological polar surface area (TPSA) is 32.3 Å². The van der Waals surface area contributed by atoms with Gasteiger partial charge in [-0.3, -0.25) is 0 Å². The van der Waals surface area contributed by atoms with Gasteiger partial charge in [0.25, 0.3) is 0 Å². The second-order valence-corrected chi connectivity index (χ2v) is 5.95. The predicted molar refractivity (Wildman–Crippen MR) is 83.4 cm³/mol. The van der Waals surface area contributed by atoms with Crippen molar-refractivity contribution in [2.24, 2.45) is 5.92 Å². The van der Waals surface area contributed by atoms with Crippen molar-refractivity contribution in [1.82, 2.24) is 0 Å². The molecule has 0 amide bonds. The van der Waals surface area contributed by atoms with Crippen molar-refractivity contribution in [2.45, 2.75) is 25.8 Å². The maximum Gasteiger partial charge on any atom is 0.118 e. The molecule has 2 aromatic rings. The maximum atomic E-state index is 9.60. The van der Waals surface area contributed by atoms with Crippen LogP contribution in [0.2, 0.25) is 5.02 Å². The van der Waals surface area contributed by atoms with E-state index in [0.717, 1.165) is 16.3 Å². The molecule has 20 heavy (non-hydrogen) atoms. The molecule has 0 bridgehead atoms. The molecule has 0 radical (unpaired) electrons. The second kappa shape index (κ2) is 5.37. The number of aromatic hydroxyl groups is 1. The van der Waals surface area contributed by atoms with Gasteiger partial charge in [0.15, 0.2) is 0 Å². The Labute approximate surface area is 124 Å². The normalized spacial score (nSPS) is 15.9. The van der Waals surface area contributed by atoms with Crippen molar-refractivity contribution in [1.29, 1.82) is 0 Å². The molecule has 2 nitrogen and oxygen atoms in total. The van der Waals surface area contributed by atoms with E-state index >= 15 is 0 Å². The van der Waals surface area contributed by atoms with E-state index in [9.17, 15) is 5.11 Å². The third kappa shape index (κ3) is 2.91. The fourth-order valence-electron chi connectivity index (χ4n) is 2.50. The zero-order valence-corrected chi connectivity index (χ0v) is 12.2. The number of phenolic OH excluding ortho intramolecular Hbond substituents is 1. The Morgan fingerprint density at radius 3 is 2.45 bits per heavy atom. The summed E-state index contributed by atoms with van der Waals surface area (Å²) in [7, 11) is 0. The summed E-state index contributed by atoms with van der Waals surface area (Å²) in [6.07, 6.45) is 2.52. The SMILES string of the molecule is Cc1cc(NC(c2ccc(Cl)cc2)C2CC2)ccc1O. The van der Waals surface area contributed by atoms with Crippen LogP contribution in [0.25, 0.3) is 0 Å². The number of aryl methyl sites for hydroxylation is 1. The van der Waals surface area contributed by atoms with Crippen LogP contribution >= 0.6 is 11.6 Å². The number of nitrogens with one attached hydrogen (secondary N) is 1. The van der Waals surface area contributed by atoms with E-state index in [-0.39, 0.29) is 0 Å². The highest BCUT2D eigenvalue weighted by atomic mass is 35.5. The standard InChI is InChI=1S/C17H18ClNO/c1-11-10-15(8-9-16(11)20)19-17(12-2-3-12)13-4-6-14(18)7-5-13/h4-10,12,17,19-20H,2-3H2,1H3. The van der Waals surface area contributed by atoms with Gasteiger partial charge in [-0.1, -0.05) is 23.7 Å². The van der Waals surface area contributed by atoms with E-state index in [2.05, 4.69) is 17.4 Å². The molecule has 1 atom stereocenters. The van der Waals surface area contributed by atoms with Crippen LogP contribution in [-0.4, -0.2) is 5.11 Å². The Morgan fingerprint density at radius 1 is 1.15 bits per heavy atom. The van der Waals surface area contributed by atoms with Crippen molar-refractivity contribution >= 4 is 17.3 Å². The summed E-state index contributed by atoms with van der Waals surface area (Å²) in [5.41, 5.74) is 3.20. The molecule has 1 fully saturated rings. The maximum absolute atomic E-state index is 9.60. The number of rotatable bonds is 4. The lowest BCUT2D eigenvalue weighted by molar-refractivity contribution is 0.471. The summed E-state index contributed by atoms with van der Waals surface area (Å²) in [6, 6.07) is 14.0. The number of phenols is 1. The smallest absolute Gasteiger partial charge is 0.118 e. The number of hydrogen-bond acceptors (Lipinski definition) is 2. The van der Waals surface area contributed by atoms with Gasteiger partial charge in [-0.25, -0.2) is 0 Å². The third-order valence-corrected chi connectivity index (χ3v) is 4.09. The van der Waals surface area contributed by atoms with Crippen LogP contribution in [0.4, 0.5) is 5.69 Å². The predicted octanol–water partition coefficient (Wildman–Crippen LogP) is 4.92. The third-order valence-electron chi connectivity index (χ3n) is 3.84. The summed E-state index contributed by atoms with van der Waals surface area (Å²) in [5, 5.41) is 14.0. The van der Waals surface area contributed by atoms with E-state index in [1.807, 2.05) is 31.2 Å². The molecule has 3 heteroatoms. The molecule has 2 N–H and O–H groups in total. The van der Waals surface area contributed by atoms with Crippen LogP contribution < -0.4 is 5.32 Å². The van der Waals surface area contributed by atoms with Crippen LogP contribution in [0.15, 0.2) is 42.5 Å². The van der Waals surface area contributed by atoms with Gasteiger partial charge in [0.1, 0.15) is 5.75 Å². The molecule has 104 valence electrons. The molecule has 0 spiro atoms. The van der Waals surface area contributed by atoms with Gasteiger partial charge in [0, 0.05) is 10.7 Å². The van der Waals surface area contributed by atoms with Crippen LogP contribution in [0, 0.1) is 12.8 Å². The Bertz CT molecular complexity index is 605. The Hall–Kier alpha value is -1.67. The minimum atomic E-state index is 0.316. The molecule has 0 aliphatic heterocycles. The number of hydrogen-bond donors (Lipinski definition) is 2. The Kier molecular flexibility index (Phi) is 3.58. The van der Waals surface area contributed by atoms with Gasteiger partial charge in [0.05, 0.1) is 6.04 Å². The minimum absolute atomic E-state index is 0.316. The summed E-state index contributed by atoms with van der Waals surface area (Å²) in [6.45, 7) is 1.91. The molecule has 2 aromatic carbocycles. The first kappa shape index (κ1) is 13.3. The number of halogens is 1. The van der Waals surface area contributed by atoms with E-state index in [4.69, 9.17) is 11.6 Å². The molecule has 1 aliphatic rings. The molecule has 3 rings (SSSR count). The molecular weight excluding hydrogens is 270 g/mol. The van der Waals surface area contributed by atoms with E-state index in [1.54, 1.807) is 6.07 Å². The lowest BCUT2D eigenvalue weighted by Crippen LogP contribution is -2.12. The van der Waals surface area contributed by atoms with Gasteiger partial charge < -0.3 is 10.4 Å². The molecule has 0 saturated heterocycles. The van der Waals surface area contributed by atoms with Gasteiger partial charge in [-0.15, -0.1) is 0 Å². The van der Waals surface area contributed by atoms with Crippen LogP contribution in [-0.2, 0) is 0 Å². The Morgan fingerprint density at radius 2 is 1.85 bits per heavy atom. The quantitative estimate of drug-likeness (QED) is 0.783. The van der Waals surface area contributed by atoms with Gasteiger partial charge in [-0.2, -0.15) is 0 Å². The first-order valence-corrected chi connectivity index (χ1v) is 7.33. The highest BCUT2D eigenvalue weighted by Crippen LogP contribution is 2.43. The van der Waals surface area contributed by atoms with Gasteiger partial charge >= 0.3 is 0 Å². The molecular formula is C17H18ClNO. The van der Waals surface area contributed by atoms with Gasteiger partial charge in [0.2, 0.25) is 0 Å². The number of anilines is 1. The zero-order valence-electron chi connectivity index (χ0n) is 11.4. The Balaban J connectivity index is 1.84. The lowest BCUT2D eigenvalue weighted by atomic mass is 10.0. The second-order valence-electron chi connectivity index (χ2n) is 5.51. The average molecular weight is 288 g/mol. The highest BCUT2D eigenvalue weighted by molar-refractivity contribution is 6.30. The lowest BCUT2D eigenvalue weighted by Gasteiger charge is -2.20. The summed E-state index contributed by atoms with van der Waals surface area (Å²) >= 11 is 5.96. The molecule has 1 aliphatic carbocycles. The first-order valence-electron chi connectivity index (χ1n) is 6.95. The molecule has 0 aromatic heterocycles. The van der Waals surface area contributed by atoms with E-state index in [1.165, 1.54) is 18.4 Å². The molecule has 1 unspecified atom stereocenters. The minimum Gasteiger partial charge on any atom is -0.508 e. The van der Waals surface area contributed by atoms with Crippen molar-refractivity contribution < 1.29 is 5.11 Å². The number of benzene rings is 2. The molecule has 0 heterocycles. The first-order chi connectivity index (χ1) is 9.63. The van der Waals surface area contributed by atoms with Crippen molar-refractivity contribution in [3.63, 3.8) is 0 Å². The van der Waals surface area contributed by atoms with Crippen molar-refractivity contribution in [3.8, 4) is 5.75 Å². The molecule has 1 saturated carbocycles. The van der Waals surface area contributed by atoms with Crippen LogP contribution in [0.3, 0.4) is 0 Å². The van der Waals surface area contributed by atoms with Crippen molar-refractivity contribution in [3.05, 3.63) is 58.6 Å². The summed E-state index contributed by atoms with van der Waals surface area (Å²) in [5.74, 6) is 1.02. The fraction of sp³-hybridized carbons (Fsp3) is 0.294.